The normalized spacial score (nSPS) is 16.5. The van der Waals surface area contributed by atoms with Crippen LogP contribution in [0.2, 0.25) is 0 Å². The molecule has 0 atom stereocenters. The maximum Gasteiger partial charge on any atom is 0.339 e. The van der Waals surface area contributed by atoms with Gasteiger partial charge in [0.05, 0.1) is 31.6 Å². The SMILES string of the molecule is COC(=O)c1ccccc1NC(=O)c1ccc2c(c1)OCC1(CC1)CO2. The van der Waals surface area contributed by atoms with Gasteiger partial charge in [0.25, 0.3) is 5.91 Å². The number of ether oxygens (including phenoxy) is 3. The first-order valence-corrected chi connectivity index (χ1v) is 8.49. The maximum atomic E-state index is 12.6. The number of benzene rings is 2. The lowest BCUT2D eigenvalue weighted by Gasteiger charge is -2.11. The Morgan fingerprint density at radius 2 is 1.77 bits per heavy atom. The predicted molar refractivity (Wildman–Crippen MR) is 94.8 cm³/mol. The van der Waals surface area contributed by atoms with Crippen LogP contribution in [0.5, 0.6) is 11.5 Å². The van der Waals surface area contributed by atoms with Crippen LogP contribution in [0.4, 0.5) is 5.69 Å². The van der Waals surface area contributed by atoms with Crippen molar-refractivity contribution >= 4 is 17.6 Å². The molecule has 1 heterocycles. The van der Waals surface area contributed by atoms with E-state index in [1.807, 2.05) is 0 Å². The molecular formula is C20H19NO5. The fourth-order valence-electron chi connectivity index (χ4n) is 2.92. The molecule has 1 fully saturated rings. The summed E-state index contributed by atoms with van der Waals surface area (Å²) in [5, 5.41) is 2.76. The first-order chi connectivity index (χ1) is 12.6. The van der Waals surface area contributed by atoms with Crippen molar-refractivity contribution in [3.05, 3.63) is 53.6 Å². The Bertz CT molecular complexity index is 872. The zero-order valence-corrected chi connectivity index (χ0v) is 14.4. The molecule has 1 N–H and O–H groups in total. The molecule has 1 spiro atoms. The van der Waals surface area contributed by atoms with Gasteiger partial charge in [-0.3, -0.25) is 4.79 Å². The Labute approximate surface area is 151 Å². The highest BCUT2D eigenvalue weighted by Gasteiger charge is 2.46. The van der Waals surface area contributed by atoms with Crippen LogP contribution in [-0.2, 0) is 4.74 Å². The van der Waals surface area contributed by atoms with E-state index >= 15 is 0 Å². The summed E-state index contributed by atoms with van der Waals surface area (Å²) in [6, 6.07) is 11.8. The number of anilines is 1. The van der Waals surface area contributed by atoms with Crippen LogP contribution in [0, 0.1) is 5.41 Å². The number of hydrogen-bond acceptors (Lipinski definition) is 5. The summed E-state index contributed by atoms with van der Waals surface area (Å²) in [5.41, 5.74) is 1.27. The number of rotatable bonds is 3. The Morgan fingerprint density at radius 1 is 1.04 bits per heavy atom. The van der Waals surface area contributed by atoms with E-state index in [0.29, 0.717) is 41.5 Å². The summed E-state index contributed by atoms with van der Waals surface area (Å²) in [5.74, 6) is 0.385. The van der Waals surface area contributed by atoms with Gasteiger partial charge in [-0.15, -0.1) is 0 Å². The van der Waals surface area contributed by atoms with Crippen molar-refractivity contribution in [2.24, 2.45) is 5.41 Å². The molecule has 0 radical (unpaired) electrons. The average molecular weight is 353 g/mol. The topological polar surface area (TPSA) is 73.9 Å². The number of methoxy groups -OCH3 is 1. The molecule has 134 valence electrons. The van der Waals surface area contributed by atoms with Gasteiger partial charge in [0.2, 0.25) is 0 Å². The highest BCUT2D eigenvalue weighted by atomic mass is 16.5. The number of hydrogen-bond donors (Lipinski definition) is 1. The largest absolute Gasteiger partial charge is 0.489 e. The van der Waals surface area contributed by atoms with Gasteiger partial charge in [0, 0.05) is 11.0 Å². The third-order valence-electron chi connectivity index (χ3n) is 4.81. The maximum absolute atomic E-state index is 12.6. The summed E-state index contributed by atoms with van der Waals surface area (Å²) in [7, 11) is 1.30. The van der Waals surface area contributed by atoms with E-state index in [9.17, 15) is 9.59 Å². The van der Waals surface area contributed by atoms with Crippen molar-refractivity contribution in [1.29, 1.82) is 0 Å². The average Bonchev–Trinajstić information content (AvgIpc) is 3.47. The standard InChI is InChI=1S/C20H19NO5/c1-24-19(23)14-4-2-3-5-15(14)21-18(22)13-6-7-16-17(10-13)26-12-20(8-9-20)11-25-16/h2-7,10H,8-9,11-12H2,1H3,(H,21,22). The molecule has 4 rings (SSSR count). The lowest BCUT2D eigenvalue weighted by molar-refractivity contribution is 0.0602. The van der Waals surface area contributed by atoms with Gasteiger partial charge >= 0.3 is 5.97 Å². The lowest BCUT2D eigenvalue weighted by atomic mass is 10.1. The third kappa shape index (κ3) is 3.10. The molecule has 0 unspecified atom stereocenters. The first kappa shape index (κ1) is 16.4. The summed E-state index contributed by atoms with van der Waals surface area (Å²) < 4.78 is 16.4. The second kappa shape index (κ2) is 6.37. The smallest absolute Gasteiger partial charge is 0.339 e. The molecular weight excluding hydrogens is 334 g/mol. The van der Waals surface area contributed by atoms with Gasteiger partial charge in [0.15, 0.2) is 11.5 Å². The number of amides is 1. The van der Waals surface area contributed by atoms with Crippen LogP contribution in [0.1, 0.15) is 33.6 Å². The van der Waals surface area contributed by atoms with Crippen LogP contribution in [0.15, 0.2) is 42.5 Å². The van der Waals surface area contributed by atoms with Crippen molar-refractivity contribution in [2.75, 3.05) is 25.6 Å². The van der Waals surface area contributed by atoms with Crippen molar-refractivity contribution in [3.63, 3.8) is 0 Å². The summed E-state index contributed by atoms with van der Waals surface area (Å²) >= 11 is 0. The zero-order valence-electron chi connectivity index (χ0n) is 14.4. The van der Waals surface area contributed by atoms with E-state index in [1.54, 1.807) is 42.5 Å². The Kier molecular flexibility index (Phi) is 4.03. The van der Waals surface area contributed by atoms with E-state index in [0.717, 1.165) is 12.8 Å². The quantitative estimate of drug-likeness (QED) is 0.857. The molecule has 1 amide bonds. The van der Waals surface area contributed by atoms with Gasteiger partial charge in [-0.05, 0) is 43.2 Å². The molecule has 2 aromatic carbocycles. The molecule has 2 aliphatic rings. The number of esters is 1. The highest BCUT2D eigenvalue weighted by Crippen LogP contribution is 2.49. The van der Waals surface area contributed by atoms with Crippen LogP contribution in [0.3, 0.4) is 0 Å². The molecule has 1 saturated carbocycles. The van der Waals surface area contributed by atoms with Crippen LogP contribution in [-0.4, -0.2) is 32.2 Å². The molecule has 0 saturated heterocycles. The molecule has 26 heavy (non-hydrogen) atoms. The minimum absolute atomic E-state index is 0.140. The minimum atomic E-state index is -0.505. The summed E-state index contributed by atoms with van der Waals surface area (Å²) in [6.45, 7) is 1.26. The fourth-order valence-corrected chi connectivity index (χ4v) is 2.92. The molecule has 2 aromatic rings. The molecule has 0 aromatic heterocycles. The van der Waals surface area contributed by atoms with Gasteiger partial charge in [0.1, 0.15) is 0 Å². The Hall–Kier alpha value is -3.02. The Morgan fingerprint density at radius 3 is 2.50 bits per heavy atom. The second-order valence-corrected chi connectivity index (χ2v) is 6.73. The van der Waals surface area contributed by atoms with E-state index in [1.165, 1.54) is 7.11 Å². The number of carbonyl (C=O) groups is 2. The van der Waals surface area contributed by atoms with E-state index in [2.05, 4.69) is 5.32 Å². The monoisotopic (exact) mass is 353 g/mol. The van der Waals surface area contributed by atoms with E-state index in [-0.39, 0.29) is 11.3 Å². The van der Waals surface area contributed by atoms with Gasteiger partial charge in [-0.2, -0.15) is 0 Å². The zero-order chi connectivity index (χ0) is 18.1. The molecule has 6 nitrogen and oxygen atoms in total. The first-order valence-electron chi connectivity index (χ1n) is 8.49. The predicted octanol–water partition coefficient (Wildman–Crippen LogP) is 3.28. The van der Waals surface area contributed by atoms with E-state index < -0.39 is 5.97 Å². The van der Waals surface area contributed by atoms with Crippen molar-refractivity contribution in [3.8, 4) is 11.5 Å². The van der Waals surface area contributed by atoms with Crippen molar-refractivity contribution in [1.82, 2.24) is 0 Å². The van der Waals surface area contributed by atoms with E-state index in [4.69, 9.17) is 14.2 Å². The van der Waals surface area contributed by atoms with Crippen molar-refractivity contribution in [2.45, 2.75) is 12.8 Å². The lowest BCUT2D eigenvalue weighted by Crippen LogP contribution is -2.17. The van der Waals surface area contributed by atoms with Gasteiger partial charge < -0.3 is 19.5 Å². The highest BCUT2D eigenvalue weighted by molar-refractivity contribution is 6.08. The number of carbonyl (C=O) groups excluding carboxylic acids is 2. The number of nitrogens with one attached hydrogen (secondary N) is 1. The molecule has 1 aliphatic heterocycles. The van der Waals surface area contributed by atoms with Crippen LogP contribution in [0.25, 0.3) is 0 Å². The van der Waals surface area contributed by atoms with Gasteiger partial charge in [-0.25, -0.2) is 4.79 Å². The van der Waals surface area contributed by atoms with Crippen LogP contribution < -0.4 is 14.8 Å². The molecule has 1 aliphatic carbocycles. The fraction of sp³-hybridized carbons (Fsp3) is 0.300. The van der Waals surface area contributed by atoms with Crippen LogP contribution >= 0.6 is 0 Å². The summed E-state index contributed by atoms with van der Waals surface area (Å²) in [6.07, 6.45) is 2.22. The minimum Gasteiger partial charge on any atom is -0.489 e. The molecule has 0 bridgehead atoms. The number of para-hydroxylation sites is 1. The Balaban J connectivity index is 1.55. The second-order valence-electron chi connectivity index (χ2n) is 6.73. The number of fused-ring (bicyclic) bond motifs is 1. The third-order valence-corrected chi connectivity index (χ3v) is 4.81. The van der Waals surface area contributed by atoms with Gasteiger partial charge in [-0.1, -0.05) is 12.1 Å². The molecule has 6 heteroatoms. The van der Waals surface area contributed by atoms with Crippen molar-refractivity contribution < 1.29 is 23.8 Å². The summed E-state index contributed by atoms with van der Waals surface area (Å²) in [4.78, 5) is 24.5.